The molecule has 7 nitrogen and oxygen atoms in total. The van der Waals surface area contributed by atoms with Gasteiger partial charge in [-0.3, -0.25) is 0 Å². The lowest BCUT2D eigenvalue weighted by molar-refractivity contribution is 0.0526. The van der Waals surface area contributed by atoms with Crippen LogP contribution in [0.4, 0.5) is 5.82 Å². The molecular weight excluding hydrogens is 258 g/mol. The fraction of sp³-hybridized carbons (Fsp3) is 0.385. The van der Waals surface area contributed by atoms with Gasteiger partial charge in [-0.1, -0.05) is 0 Å². The molecule has 0 fully saturated rings. The predicted octanol–water partition coefficient (Wildman–Crippen LogP) is 0.870. The maximum absolute atomic E-state index is 11.6. The molecule has 0 amide bonds. The molecule has 0 aromatic carbocycles. The Kier molecular flexibility index (Phi) is 3.32. The number of aromatic nitrogens is 4. The number of hydrogen-bond donors (Lipinski definition) is 0. The molecular formula is C13H15N5O2. The van der Waals surface area contributed by atoms with E-state index in [1.54, 1.807) is 25.5 Å². The van der Waals surface area contributed by atoms with Crippen LogP contribution in [0.1, 0.15) is 23.1 Å². The number of carbonyl (C=O) groups excluding carboxylic acids is 1. The molecule has 0 aliphatic carbocycles. The highest BCUT2D eigenvalue weighted by molar-refractivity contribution is 5.89. The summed E-state index contributed by atoms with van der Waals surface area (Å²) in [5.74, 6) is 1.41. The van der Waals surface area contributed by atoms with E-state index < -0.39 is 0 Å². The van der Waals surface area contributed by atoms with E-state index in [2.05, 4.69) is 20.1 Å². The Morgan fingerprint density at radius 3 is 3.05 bits per heavy atom. The summed E-state index contributed by atoms with van der Waals surface area (Å²) in [6.45, 7) is 4.50. The second-order valence-electron chi connectivity index (χ2n) is 4.49. The number of anilines is 1. The van der Waals surface area contributed by atoms with Gasteiger partial charge in [0, 0.05) is 19.3 Å². The minimum absolute atomic E-state index is 0.343. The van der Waals surface area contributed by atoms with E-state index in [0.717, 1.165) is 24.7 Å². The van der Waals surface area contributed by atoms with Gasteiger partial charge in [0.05, 0.1) is 18.7 Å². The molecule has 0 unspecified atom stereocenters. The molecule has 20 heavy (non-hydrogen) atoms. The van der Waals surface area contributed by atoms with Gasteiger partial charge in [-0.25, -0.2) is 9.78 Å². The number of nitrogens with zero attached hydrogens (tertiary/aromatic N) is 5. The molecule has 1 aliphatic rings. The molecule has 0 atom stereocenters. The van der Waals surface area contributed by atoms with E-state index in [-0.39, 0.29) is 5.97 Å². The smallest absolute Gasteiger partial charge is 0.339 e. The first kappa shape index (κ1) is 12.6. The summed E-state index contributed by atoms with van der Waals surface area (Å²) in [6.07, 6.45) is 3.29. The van der Waals surface area contributed by atoms with Crippen molar-refractivity contribution >= 4 is 11.8 Å². The minimum Gasteiger partial charge on any atom is -0.462 e. The van der Waals surface area contributed by atoms with E-state index in [4.69, 9.17) is 4.74 Å². The number of rotatable bonds is 3. The fourth-order valence-electron chi connectivity index (χ4n) is 2.17. The largest absolute Gasteiger partial charge is 0.462 e. The molecule has 0 N–H and O–H groups in total. The van der Waals surface area contributed by atoms with Crippen molar-refractivity contribution in [2.24, 2.45) is 0 Å². The zero-order chi connectivity index (χ0) is 13.9. The summed E-state index contributed by atoms with van der Waals surface area (Å²) in [5.41, 5.74) is 0.468. The average molecular weight is 273 g/mol. The molecule has 0 saturated carbocycles. The molecule has 0 bridgehead atoms. The van der Waals surface area contributed by atoms with E-state index >= 15 is 0 Å². The van der Waals surface area contributed by atoms with Gasteiger partial charge in [-0.15, -0.1) is 10.2 Å². The van der Waals surface area contributed by atoms with Gasteiger partial charge in [0.1, 0.15) is 12.1 Å². The van der Waals surface area contributed by atoms with Crippen LogP contribution in [0.3, 0.4) is 0 Å². The summed E-state index contributed by atoms with van der Waals surface area (Å²) in [4.78, 5) is 18.0. The Hall–Kier alpha value is -2.44. The Morgan fingerprint density at radius 1 is 1.40 bits per heavy atom. The first-order valence-corrected chi connectivity index (χ1v) is 6.52. The Labute approximate surface area is 116 Å². The zero-order valence-corrected chi connectivity index (χ0v) is 11.2. The zero-order valence-electron chi connectivity index (χ0n) is 11.2. The van der Waals surface area contributed by atoms with Crippen molar-refractivity contribution in [1.29, 1.82) is 0 Å². The average Bonchev–Trinajstić information content (AvgIpc) is 2.95. The summed E-state index contributed by atoms with van der Waals surface area (Å²) < 4.78 is 6.97. The second kappa shape index (κ2) is 5.28. The summed E-state index contributed by atoms with van der Waals surface area (Å²) in [6, 6.07) is 3.57. The molecule has 0 spiro atoms. The molecule has 0 saturated heterocycles. The predicted molar refractivity (Wildman–Crippen MR) is 71.3 cm³/mol. The van der Waals surface area contributed by atoms with Crippen LogP contribution in [0.15, 0.2) is 24.7 Å². The Balaban J connectivity index is 1.74. The molecule has 2 aromatic rings. The lowest BCUT2D eigenvalue weighted by atomic mass is 10.2. The second-order valence-corrected chi connectivity index (χ2v) is 4.49. The molecule has 104 valence electrons. The van der Waals surface area contributed by atoms with Gasteiger partial charge in [0.2, 0.25) is 0 Å². The van der Waals surface area contributed by atoms with E-state index in [1.807, 2.05) is 10.6 Å². The van der Waals surface area contributed by atoms with Gasteiger partial charge >= 0.3 is 5.97 Å². The molecule has 1 aliphatic heterocycles. The van der Waals surface area contributed by atoms with E-state index in [1.165, 1.54) is 0 Å². The molecule has 3 rings (SSSR count). The standard InChI is InChI=1S/C13H15N5O2/c1-2-20-13(19)10-3-4-11(14-7-10)17-5-6-18-9-15-16-12(18)8-17/h3-4,7,9H,2,5-6,8H2,1H3. The van der Waals surface area contributed by atoms with Gasteiger partial charge in [0.25, 0.3) is 0 Å². The summed E-state index contributed by atoms with van der Waals surface area (Å²) in [5, 5.41) is 7.97. The first-order valence-electron chi connectivity index (χ1n) is 6.52. The van der Waals surface area contributed by atoms with Crippen molar-refractivity contribution in [1.82, 2.24) is 19.7 Å². The topological polar surface area (TPSA) is 73.1 Å². The number of hydrogen-bond acceptors (Lipinski definition) is 6. The van der Waals surface area contributed by atoms with Crippen molar-refractivity contribution < 1.29 is 9.53 Å². The highest BCUT2D eigenvalue weighted by Crippen LogP contribution is 2.17. The highest BCUT2D eigenvalue weighted by Gasteiger charge is 2.18. The van der Waals surface area contributed by atoms with E-state index in [0.29, 0.717) is 18.7 Å². The molecule has 3 heterocycles. The van der Waals surface area contributed by atoms with Crippen molar-refractivity contribution in [3.63, 3.8) is 0 Å². The number of esters is 1. The van der Waals surface area contributed by atoms with Crippen LogP contribution in [0.2, 0.25) is 0 Å². The van der Waals surface area contributed by atoms with Crippen LogP contribution < -0.4 is 4.90 Å². The van der Waals surface area contributed by atoms with Crippen LogP contribution in [0.5, 0.6) is 0 Å². The third-order valence-corrected chi connectivity index (χ3v) is 3.22. The fourth-order valence-corrected chi connectivity index (χ4v) is 2.17. The number of carbonyl (C=O) groups is 1. The maximum Gasteiger partial charge on any atom is 0.339 e. The number of ether oxygens (including phenoxy) is 1. The summed E-state index contributed by atoms with van der Waals surface area (Å²) >= 11 is 0. The monoisotopic (exact) mass is 273 g/mol. The van der Waals surface area contributed by atoms with Gasteiger partial charge < -0.3 is 14.2 Å². The Morgan fingerprint density at radius 2 is 2.30 bits per heavy atom. The van der Waals surface area contributed by atoms with Gasteiger partial charge in [-0.05, 0) is 19.1 Å². The van der Waals surface area contributed by atoms with Crippen molar-refractivity contribution in [2.45, 2.75) is 20.0 Å². The number of fused-ring (bicyclic) bond motifs is 1. The van der Waals surface area contributed by atoms with Crippen LogP contribution in [-0.2, 0) is 17.8 Å². The lowest BCUT2D eigenvalue weighted by Crippen LogP contribution is -2.34. The van der Waals surface area contributed by atoms with Crippen molar-refractivity contribution in [2.75, 3.05) is 18.1 Å². The molecule has 2 aromatic heterocycles. The summed E-state index contributed by atoms with van der Waals surface area (Å²) in [7, 11) is 0. The lowest BCUT2D eigenvalue weighted by Gasteiger charge is -2.27. The van der Waals surface area contributed by atoms with Crippen LogP contribution >= 0.6 is 0 Å². The van der Waals surface area contributed by atoms with Gasteiger partial charge in [0.15, 0.2) is 5.82 Å². The van der Waals surface area contributed by atoms with Crippen molar-refractivity contribution in [3.05, 3.63) is 36.0 Å². The highest BCUT2D eigenvalue weighted by atomic mass is 16.5. The SMILES string of the molecule is CCOC(=O)c1ccc(N2CCn3cnnc3C2)nc1. The van der Waals surface area contributed by atoms with Crippen molar-refractivity contribution in [3.8, 4) is 0 Å². The van der Waals surface area contributed by atoms with Gasteiger partial charge in [-0.2, -0.15) is 0 Å². The molecule has 0 radical (unpaired) electrons. The maximum atomic E-state index is 11.6. The quantitative estimate of drug-likeness (QED) is 0.773. The van der Waals surface area contributed by atoms with E-state index in [9.17, 15) is 4.79 Å². The normalized spacial score (nSPS) is 13.9. The first-order chi connectivity index (χ1) is 9.78. The molecule has 7 heteroatoms. The van der Waals surface area contributed by atoms with Crippen LogP contribution in [0.25, 0.3) is 0 Å². The van der Waals surface area contributed by atoms with Crippen LogP contribution in [-0.4, -0.2) is 38.9 Å². The number of pyridine rings is 1. The third kappa shape index (κ3) is 2.34. The Bertz CT molecular complexity index is 607. The minimum atomic E-state index is -0.343. The third-order valence-electron chi connectivity index (χ3n) is 3.22. The van der Waals surface area contributed by atoms with Crippen LogP contribution in [0, 0.1) is 0 Å².